The van der Waals surface area contributed by atoms with Crippen molar-refractivity contribution in [3.8, 4) is 0 Å². The summed E-state index contributed by atoms with van der Waals surface area (Å²) in [6.45, 7) is 0.373. The van der Waals surface area contributed by atoms with Gasteiger partial charge in [-0.25, -0.2) is 12.8 Å². The maximum Gasteiger partial charge on any atom is 0.286 e. The summed E-state index contributed by atoms with van der Waals surface area (Å²) in [7, 11) is -7.96. The number of aliphatic hydroxyl groups is 1. The van der Waals surface area contributed by atoms with Crippen LogP contribution in [-0.2, 0) is 24.8 Å². The Kier molecular flexibility index (Phi) is 6.02. The molecule has 6 atom stereocenters. The predicted molar refractivity (Wildman–Crippen MR) is 139 cm³/mol. The van der Waals surface area contributed by atoms with Gasteiger partial charge in [0.05, 0.1) is 11.9 Å². The van der Waals surface area contributed by atoms with E-state index in [-0.39, 0.29) is 63.2 Å². The normalized spacial score (nSPS) is 33.9. The Morgan fingerprint density at radius 3 is 2.68 bits per heavy atom. The van der Waals surface area contributed by atoms with Gasteiger partial charge < -0.3 is 15.3 Å². The molecule has 3 saturated carbocycles. The Balaban J connectivity index is 1.38. The van der Waals surface area contributed by atoms with Crippen LogP contribution in [0.1, 0.15) is 44.9 Å². The minimum atomic E-state index is -4.32. The van der Waals surface area contributed by atoms with Crippen LogP contribution in [0, 0.1) is 23.7 Å². The number of fused-ring (bicyclic) bond motifs is 6. The number of amides is 1. The summed E-state index contributed by atoms with van der Waals surface area (Å²) in [6, 6.07) is 3.77. The van der Waals surface area contributed by atoms with E-state index in [1.807, 2.05) is 0 Å². The van der Waals surface area contributed by atoms with E-state index in [1.165, 1.54) is 12.1 Å². The second-order valence-corrected chi connectivity index (χ2v) is 14.6. The fraction of sp³-hybridized carbons (Fsp3) is 0.600. The fourth-order valence-corrected chi connectivity index (χ4v) is 8.99. The number of benzene rings is 1. The van der Waals surface area contributed by atoms with Crippen LogP contribution in [0.3, 0.4) is 0 Å². The summed E-state index contributed by atoms with van der Waals surface area (Å²) in [6.07, 6.45) is 5.38. The van der Waals surface area contributed by atoms with Crippen LogP contribution in [0.2, 0.25) is 0 Å². The molecule has 5 aliphatic rings. The molecule has 2 unspecified atom stereocenters. The molecule has 0 saturated heterocycles. The van der Waals surface area contributed by atoms with Gasteiger partial charge in [0.2, 0.25) is 10.0 Å². The van der Waals surface area contributed by atoms with Crippen LogP contribution in [0.15, 0.2) is 38.8 Å². The number of carbonyl (C=O) groups is 1. The average Bonchev–Trinajstić information content (AvgIpc) is 3.43. The fourth-order valence-electron chi connectivity index (χ4n) is 7.29. The number of hydrogen-bond donors (Lipinski definition) is 3. The zero-order valence-electron chi connectivity index (χ0n) is 20.9. The molecule has 10 nitrogen and oxygen atoms in total. The van der Waals surface area contributed by atoms with E-state index in [4.69, 9.17) is 0 Å². The smallest absolute Gasteiger partial charge is 0.286 e. The Morgan fingerprint density at radius 2 is 1.95 bits per heavy atom. The zero-order chi connectivity index (χ0) is 27.0. The predicted octanol–water partition coefficient (Wildman–Crippen LogP) is 3.17. The zero-order valence-corrected chi connectivity index (χ0v) is 22.6. The Bertz CT molecular complexity index is 1470. The molecule has 1 aromatic carbocycles. The number of sulfonamides is 2. The maximum absolute atomic E-state index is 14.2. The van der Waals surface area contributed by atoms with Crippen molar-refractivity contribution in [1.29, 1.82) is 0 Å². The number of halogens is 1. The lowest BCUT2D eigenvalue weighted by Crippen LogP contribution is -2.55. The summed E-state index contributed by atoms with van der Waals surface area (Å²) in [5.41, 5.74) is 0.0241. The van der Waals surface area contributed by atoms with E-state index in [2.05, 4.69) is 14.4 Å². The topological polar surface area (TPSA) is 145 Å². The highest BCUT2D eigenvalue weighted by molar-refractivity contribution is 7.92. The van der Waals surface area contributed by atoms with Crippen molar-refractivity contribution in [3.05, 3.63) is 29.5 Å². The lowest BCUT2D eigenvalue weighted by molar-refractivity contribution is -0.134. The number of anilines is 2. The van der Waals surface area contributed by atoms with Crippen molar-refractivity contribution < 1.29 is 31.1 Å². The third-order valence-electron chi connectivity index (χ3n) is 8.72. The maximum atomic E-state index is 14.2. The minimum Gasteiger partial charge on any atom is -0.511 e. The number of nitrogens with one attached hydrogen (secondary N) is 2. The highest BCUT2D eigenvalue weighted by Gasteiger charge is 2.57. The van der Waals surface area contributed by atoms with Gasteiger partial charge in [0.1, 0.15) is 22.4 Å². The third-order valence-corrected chi connectivity index (χ3v) is 10.6. The molecule has 0 spiro atoms. The number of rotatable bonds is 5. The van der Waals surface area contributed by atoms with E-state index in [0.717, 1.165) is 44.4 Å². The van der Waals surface area contributed by atoms with E-state index in [0.29, 0.717) is 19.4 Å². The standard InChI is InChI=1S/C25H31FN4O6S2/c1-37(33,34)28-17-7-8-18-19(11-17)38(35,36)29-24(27-18)21-23(31)20-14-5-6-15(10-14)22(20)30(25(21)32)12-13-3-2-4-16(26)9-13/h7-8,11,13-16,20,22,28,31H,2-6,9-10,12H2,1H3,(H,27,29)/t13?,14-,15-,16?,20+,22-/m0/s1. The molecule has 0 radical (unpaired) electrons. The molecule has 38 heavy (non-hydrogen) atoms. The lowest BCUT2D eigenvalue weighted by atomic mass is 9.77. The molecule has 3 aliphatic carbocycles. The van der Waals surface area contributed by atoms with Crippen LogP contribution < -0.4 is 10.0 Å². The molecule has 2 aliphatic heterocycles. The number of hydrogen-bond acceptors (Lipinski definition) is 7. The number of carbonyl (C=O) groups excluding carboxylic acids is 1. The van der Waals surface area contributed by atoms with Gasteiger partial charge in [0.25, 0.3) is 15.9 Å². The van der Waals surface area contributed by atoms with Crippen LogP contribution in [-0.4, -0.2) is 63.6 Å². The average molecular weight is 567 g/mol. The third kappa shape index (κ3) is 4.37. The quantitative estimate of drug-likeness (QED) is 0.496. The molecular formula is C25H31FN4O6S2. The highest BCUT2D eigenvalue weighted by atomic mass is 32.2. The van der Waals surface area contributed by atoms with Crippen LogP contribution in [0.5, 0.6) is 0 Å². The van der Waals surface area contributed by atoms with Gasteiger partial charge in [-0.3, -0.25) is 9.52 Å². The first-order chi connectivity index (χ1) is 17.9. The van der Waals surface area contributed by atoms with Gasteiger partial charge in [0, 0.05) is 24.2 Å². The van der Waals surface area contributed by atoms with Gasteiger partial charge in [-0.2, -0.15) is 8.42 Å². The van der Waals surface area contributed by atoms with Crippen molar-refractivity contribution >= 4 is 43.2 Å². The summed E-state index contributed by atoms with van der Waals surface area (Å²) in [5, 5.41) is 14.3. The minimum absolute atomic E-state index is 0.00967. The van der Waals surface area contributed by atoms with Gasteiger partial charge >= 0.3 is 0 Å². The molecule has 3 N–H and O–H groups in total. The molecule has 206 valence electrons. The van der Waals surface area contributed by atoms with Gasteiger partial charge in [-0.15, -0.1) is 4.40 Å². The van der Waals surface area contributed by atoms with Gasteiger partial charge in [-0.05, 0) is 74.5 Å². The lowest BCUT2D eigenvalue weighted by Gasteiger charge is -2.45. The monoisotopic (exact) mass is 566 g/mol. The van der Waals surface area contributed by atoms with Crippen molar-refractivity contribution in [1.82, 2.24) is 4.90 Å². The molecule has 13 heteroatoms. The highest BCUT2D eigenvalue weighted by Crippen LogP contribution is 2.55. The SMILES string of the molecule is CS(=O)(=O)Nc1ccc2c(c1)S(=O)(=O)N=C(C1=C(O)[C@@H]3[C@H]4CC[C@@H](C4)[C@@H]3N(CC3CCCC(F)C3)C1=O)N2. The first-order valence-corrected chi connectivity index (χ1v) is 16.4. The van der Waals surface area contributed by atoms with Gasteiger partial charge in [-0.1, -0.05) is 6.42 Å². The molecule has 2 bridgehead atoms. The van der Waals surface area contributed by atoms with E-state index < -0.39 is 32.1 Å². The summed E-state index contributed by atoms with van der Waals surface area (Å²) in [4.78, 5) is 15.5. The van der Waals surface area contributed by atoms with Crippen molar-refractivity contribution in [2.75, 3.05) is 22.8 Å². The first kappa shape index (κ1) is 25.6. The molecule has 0 aromatic heterocycles. The molecule has 2 heterocycles. The molecule has 1 amide bonds. The Morgan fingerprint density at radius 1 is 1.18 bits per heavy atom. The van der Waals surface area contributed by atoms with Crippen molar-refractivity contribution in [3.63, 3.8) is 0 Å². The van der Waals surface area contributed by atoms with Crippen LogP contribution in [0.4, 0.5) is 15.8 Å². The molecule has 1 aromatic rings. The van der Waals surface area contributed by atoms with E-state index >= 15 is 0 Å². The second kappa shape index (κ2) is 8.94. The summed E-state index contributed by atoms with van der Waals surface area (Å²) >= 11 is 0. The number of amidine groups is 1. The molecule has 3 fully saturated rings. The second-order valence-electron chi connectivity index (χ2n) is 11.3. The Labute approximate surface area is 221 Å². The van der Waals surface area contributed by atoms with Crippen LogP contribution >= 0.6 is 0 Å². The molecule has 6 rings (SSSR count). The van der Waals surface area contributed by atoms with Crippen molar-refractivity contribution in [2.24, 2.45) is 28.1 Å². The van der Waals surface area contributed by atoms with Gasteiger partial charge in [0.15, 0.2) is 5.84 Å². The summed E-state index contributed by atoms with van der Waals surface area (Å²) in [5.74, 6) is -0.714. The number of aliphatic hydroxyl groups excluding tert-OH is 1. The molecular weight excluding hydrogens is 535 g/mol. The largest absolute Gasteiger partial charge is 0.511 e. The van der Waals surface area contributed by atoms with E-state index in [9.17, 15) is 31.1 Å². The Hall–Kier alpha value is -2.67. The van der Waals surface area contributed by atoms with Crippen LogP contribution in [0.25, 0.3) is 0 Å². The van der Waals surface area contributed by atoms with Crippen molar-refractivity contribution in [2.45, 2.75) is 62.1 Å². The number of alkyl halides is 1. The van der Waals surface area contributed by atoms with E-state index in [1.54, 1.807) is 4.90 Å². The summed E-state index contributed by atoms with van der Waals surface area (Å²) < 4.78 is 69.8. The number of nitrogens with zero attached hydrogens (tertiary/aromatic N) is 2. The first-order valence-electron chi connectivity index (χ1n) is 13.0.